The molecule has 1 saturated heterocycles. The van der Waals surface area contributed by atoms with Crippen LogP contribution in [-0.2, 0) is 16.1 Å². The Morgan fingerprint density at radius 1 is 1.00 bits per heavy atom. The molecule has 0 aliphatic carbocycles. The van der Waals surface area contributed by atoms with Gasteiger partial charge in [-0.05, 0) is 31.2 Å². The monoisotopic (exact) mass is 397 g/mol. The summed E-state index contributed by atoms with van der Waals surface area (Å²) < 4.78 is 32.3. The molecule has 1 aliphatic rings. The zero-order valence-corrected chi connectivity index (χ0v) is 15.6. The molecule has 0 N–H and O–H groups in total. The third-order valence-corrected chi connectivity index (χ3v) is 4.78. The molecule has 0 saturated carbocycles. The van der Waals surface area contributed by atoms with E-state index in [2.05, 4.69) is 4.98 Å². The average molecular weight is 397 g/mol. The fourth-order valence-electron chi connectivity index (χ4n) is 3.18. The number of nitrogens with zero attached hydrogens (tertiary/aromatic N) is 3. The van der Waals surface area contributed by atoms with Crippen molar-refractivity contribution < 1.29 is 22.8 Å². The molecule has 2 amide bonds. The van der Waals surface area contributed by atoms with Gasteiger partial charge in [0.05, 0.1) is 6.54 Å². The lowest BCUT2D eigenvalue weighted by atomic mass is 10.2. The van der Waals surface area contributed by atoms with Crippen molar-refractivity contribution in [1.29, 1.82) is 0 Å². The van der Waals surface area contributed by atoms with Crippen molar-refractivity contribution in [1.82, 2.24) is 9.88 Å². The number of rotatable bonds is 4. The fourth-order valence-corrected chi connectivity index (χ4v) is 3.18. The number of carbonyl (C=O) groups excluding carboxylic acids is 2. The van der Waals surface area contributed by atoms with Crippen LogP contribution in [0.4, 0.5) is 14.5 Å². The number of aryl methyl sites for hydroxylation is 1. The molecule has 8 heteroatoms. The van der Waals surface area contributed by atoms with E-state index in [1.807, 2.05) is 30.3 Å². The van der Waals surface area contributed by atoms with Gasteiger partial charge in [-0.3, -0.25) is 9.59 Å². The summed E-state index contributed by atoms with van der Waals surface area (Å²) in [4.78, 5) is 32.0. The Labute approximate surface area is 165 Å². The van der Waals surface area contributed by atoms with Gasteiger partial charge in [0.2, 0.25) is 5.89 Å². The van der Waals surface area contributed by atoms with Crippen LogP contribution in [0.1, 0.15) is 11.5 Å². The highest BCUT2D eigenvalue weighted by Gasteiger charge is 2.34. The molecule has 2 heterocycles. The SMILES string of the molecule is Cc1oc(-c2ccccc2)nc1CN1CCN(c2ccc(F)c(F)c2)C(=O)C1=O. The van der Waals surface area contributed by atoms with Crippen LogP contribution in [0.2, 0.25) is 0 Å². The molecule has 0 unspecified atom stereocenters. The summed E-state index contributed by atoms with van der Waals surface area (Å²) >= 11 is 0. The summed E-state index contributed by atoms with van der Waals surface area (Å²) in [6.07, 6.45) is 0. The number of oxazole rings is 1. The first kappa shape index (κ1) is 18.8. The van der Waals surface area contributed by atoms with Crippen LogP contribution in [0, 0.1) is 18.6 Å². The van der Waals surface area contributed by atoms with Crippen LogP contribution >= 0.6 is 0 Å². The lowest BCUT2D eigenvalue weighted by molar-refractivity contribution is -0.146. The van der Waals surface area contributed by atoms with E-state index in [0.717, 1.165) is 22.6 Å². The van der Waals surface area contributed by atoms with Crippen LogP contribution in [0.15, 0.2) is 52.9 Å². The third-order valence-electron chi connectivity index (χ3n) is 4.78. The van der Waals surface area contributed by atoms with Gasteiger partial charge in [0.15, 0.2) is 11.6 Å². The Kier molecular flexibility index (Phi) is 4.84. The van der Waals surface area contributed by atoms with E-state index >= 15 is 0 Å². The maximum Gasteiger partial charge on any atom is 0.316 e. The first-order chi connectivity index (χ1) is 13.9. The second-order valence-electron chi connectivity index (χ2n) is 6.67. The summed E-state index contributed by atoms with van der Waals surface area (Å²) in [5, 5.41) is 0. The molecule has 6 nitrogen and oxygen atoms in total. The van der Waals surface area contributed by atoms with E-state index in [4.69, 9.17) is 4.42 Å². The predicted octanol–water partition coefficient (Wildman–Crippen LogP) is 3.30. The first-order valence-electron chi connectivity index (χ1n) is 9.01. The van der Waals surface area contributed by atoms with Crippen molar-refractivity contribution in [2.24, 2.45) is 0 Å². The number of piperazine rings is 1. The number of benzene rings is 2. The first-order valence-corrected chi connectivity index (χ1v) is 9.01. The predicted molar refractivity (Wildman–Crippen MR) is 101 cm³/mol. The van der Waals surface area contributed by atoms with Crippen LogP contribution < -0.4 is 4.90 Å². The molecule has 1 aromatic heterocycles. The van der Waals surface area contributed by atoms with Crippen molar-refractivity contribution in [2.75, 3.05) is 18.0 Å². The Morgan fingerprint density at radius 2 is 1.76 bits per heavy atom. The molecule has 0 spiro atoms. The minimum absolute atomic E-state index is 0.123. The highest BCUT2D eigenvalue weighted by atomic mass is 19.2. The van der Waals surface area contributed by atoms with Gasteiger partial charge < -0.3 is 14.2 Å². The van der Waals surface area contributed by atoms with Crippen molar-refractivity contribution in [3.05, 3.63) is 71.6 Å². The van der Waals surface area contributed by atoms with Crippen molar-refractivity contribution in [2.45, 2.75) is 13.5 Å². The molecule has 148 valence electrons. The highest BCUT2D eigenvalue weighted by Crippen LogP contribution is 2.24. The fraction of sp³-hybridized carbons (Fsp3) is 0.190. The Morgan fingerprint density at radius 3 is 2.48 bits per heavy atom. The van der Waals surface area contributed by atoms with Gasteiger partial charge >= 0.3 is 11.8 Å². The standard InChI is InChI=1S/C21H17F2N3O3/c1-13-18(24-19(29-13)14-5-3-2-4-6-14)12-25-9-10-26(21(28)20(25)27)15-7-8-16(22)17(23)11-15/h2-8,11H,9-10,12H2,1H3. The van der Waals surface area contributed by atoms with E-state index in [-0.39, 0.29) is 25.3 Å². The Bertz CT molecular complexity index is 1080. The van der Waals surface area contributed by atoms with Crippen molar-refractivity contribution in [3.63, 3.8) is 0 Å². The molecule has 2 aromatic carbocycles. The molecular formula is C21H17F2N3O3. The summed E-state index contributed by atoms with van der Waals surface area (Å²) in [5.74, 6) is -2.61. The minimum Gasteiger partial charge on any atom is -0.441 e. The zero-order valence-electron chi connectivity index (χ0n) is 15.6. The molecule has 0 radical (unpaired) electrons. The zero-order chi connectivity index (χ0) is 20.5. The second-order valence-corrected chi connectivity index (χ2v) is 6.67. The van der Waals surface area contributed by atoms with Gasteiger partial charge in [0, 0.05) is 30.4 Å². The van der Waals surface area contributed by atoms with Crippen LogP contribution in [0.5, 0.6) is 0 Å². The van der Waals surface area contributed by atoms with E-state index in [9.17, 15) is 18.4 Å². The third kappa shape index (κ3) is 3.61. The molecule has 29 heavy (non-hydrogen) atoms. The normalized spacial score (nSPS) is 14.6. The van der Waals surface area contributed by atoms with Crippen molar-refractivity contribution >= 4 is 17.5 Å². The van der Waals surface area contributed by atoms with Gasteiger partial charge in [0.25, 0.3) is 0 Å². The molecule has 3 aromatic rings. The highest BCUT2D eigenvalue weighted by molar-refractivity contribution is 6.40. The summed E-state index contributed by atoms with van der Waals surface area (Å²) in [7, 11) is 0. The number of amides is 2. The molecule has 4 rings (SSSR count). The minimum atomic E-state index is -1.07. The average Bonchev–Trinajstić information content (AvgIpc) is 3.09. The summed E-state index contributed by atoms with van der Waals surface area (Å²) in [6, 6.07) is 12.5. The van der Waals surface area contributed by atoms with Gasteiger partial charge in [-0.15, -0.1) is 0 Å². The Balaban J connectivity index is 1.50. The second kappa shape index (κ2) is 7.46. The number of hydrogen-bond donors (Lipinski definition) is 0. The summed E-state index contributed by atoms with van der Waals surface area (Å²) in [6.45, 7) is 2.27. The van der Waals surface area contributed by atoms with Gasteiger partial charge in [-0.25, -0.2) is 13.8 Å². The molecule has 0 bridgehead atoms. The maximum absolute atomic E-state index is 13.5. The van der Waals surface area contributed by atoms with E-state index in [0.29, 0.717) is 17.3 Å². The van der Waals surface area contributed by atoms with Gasteiger partial charge in [-0.1, -0.05) is 18.2 Å². The van der Waals surface area contributed by atoms with E-state index in [1.165, 1.54) is 11.0 Å². The molecule has 1 fully saturated rings. The smallest absolute Gasteiger partial charge is 0.316 e. The van der Waals surface area contributed by atoms with E-state index < -0.39 is 23.4 Å². The number of anilines is 1. The van der Waals surface area contributed by atoms with Gasteiger partial charge in [-0.2, -0.15) is 0 Å². The molecular weight excluding hydrogens is 380 g/mol. The van der Waals surface area contributed by atoms with Crippen molar-refractivity contribution in [3.8, 4) is 11.5 Å². The van der Waals surface area contributed by atoms with Crippen LogP contribution in [0.3, 0.4) is 0 Å². The largest absolute Gasteiger partial charge is 0.441 e. The van der Waals surface area contributed by atoms with E-state index in [1.54, 1.807) is 6.92 Å². The lowest BCUT2D eigenvalue weighted by Gasteiger charge is -2.33. The molecule has 0 atom stereocenters. The topological polar surface area (TPSA) is 66.7 Å². The Hall–Kier alpha value is -3.55. The number of carbonyl (C=O) groups is 2. The quantitative estimate of drug-likeness (QED) is 0.634. The maximum atomic E-state index is 13.5. The number of aromatic nitrogens is 1. The van der Waals surface area contributed by atoms with Gasteiger partial charge in [0.1, 0.15) is 11.5 Å². The van der Waals surface area contributed by atoms with Crippen LogP contribution in [0.25, 0.3) is 11.5 Å². The number of hydrogen-bond acceptors (Lipinski definition) is 4. The van der Waals surface area contributed by atoms with Crippen LogP contribution in [-0.4, -0.2) is 34.8 Å². The molecule has 1 aliphatic heterocycles. The summed E-state index contributed by atoms with van der Waals surface area (Å²) in [5.41, 5.74) is 1.52. The lowest BCUT2D eigenvalue weighted by Crippen LogP contribution is -2.54. The number of halogens is 2.